The van der Waals surface area contributed by atoms with Crippen molar-refractivity contribution in [1.29, 1.82) is 0 Å². The molecule has 1 aliphatic carbocycles. The fraction of sp³-hybridized carbons (Fsp3) is 0.524. The number of amides is 2. The summed E-state index contributed by atoms with van der Waals surface area (Å²) in [6.45, 7) is 4.70. The quantitative estimate of drug-likeness (QED) is 0.879. The Morgan fingerprint density at radius 2 is 2.00 bits per heavy atom. The fourth-order valence-corrected chi connectivity index (χ4v) is 4.26. The third-order valence-corrected chi connectivity index (χ3v) is 5.80. The maximum atomic E-state index is 12.9. The number of aryl methyl sites for hydroxylation is 1. The first-order valence-corrected chi connectivity index (χ1v) is 10.2. The second-order valence-corrected chi connectivity index (χ2v) is 7.93. The summed E-state index contributed by atoms with van der Waals surface area (Å²) in [5.41, 5.74) is 1.93. The SMILES string of the molecule is Cc1cnc(C2CC2)n1C1CCCN(C(=O)Nc2ccc3c(c2)OCCO3)C1. The predicted octanol–water partition coefficient (Wildman–Crippen LogP) is 3.71. The van der Waals surface area contributed by atoms with Crippen molar-refractivity contribution in [2.45, 2.75) is 44.6 Å². The Morgan fingerprint density at radius 1 is 1.18 bits per heavy atom. The molecule has 1 N–H and O–H groups in total. The Labute approximate surface area is 164 Å². The number of hydrogen-bond donors (Lipinski definition) is 1. The van der Waals surface area contributed by atoms with E-state index in [0.717, 1.165) is 30.8 Å². The molecule has 1 atom stereocenters. The average Bonchev–Trinajstić information content (AvgIpc) is 3.49. The van der Waals surface area contributed by atoms with Crippen LogP contribution in [-0.2, 0) is 0 Å². The summed E-state index contributed by atoms with van der Waals surface area (Å²) >= 11 is 0. The van der Waals surface area contributed by atoms with Crippen LogP contribution in [0.3, 0.4) is 0 Å². The second-order valence-electron chi connectivity index (χ2n) is 7.93. The standard InChI is InChI=1S/C21H26N4O3/c1-14-12-22-20(15-4-5-15)25(14)17-3-2-8-24(13-17)21(26)23-16-6-7-18-19(11-16)28-10-9-27-18/h6-7,11-12,15,17H,2-5,8-10,13H2,1H3,(H,23,26). The number of rotatable bonds is 3. The van der Waals surface area contributed by atoms with Crippen LogP contribution in [0.5, 0.6) is 11.5 Å². The van der Waals surface area contributed by atoms with Gasteiger partial charge in [0.1, 0.15) is 19.0 Å². The topological polar surface area (TPSA) is 68.6 Å². The van der Waals surface area contributed by atoms with E-state index in [-0.39, 0.29) is 6.03 Å². The molecular weight excluding hydrogens is 356 g/mol. The Balaban J connectivity index is 1.29. The van der Waals surface area contributed by atoms with Crippen LogP contribution in [0.2, 0.25) is 0 Å². The summed E-state index contributed by atoms with van der Waals surface area (Å²) in [5.74, 6) is 3.22. The Bertz CT molecular complexity index is 890. The second kappa shape index (κ2) is 7.04. The molecule has 28 heavy (non-hydrogen) atoms. The summed E-state index contributed by atoms with van der Waals surface area (Å²) < 4.78 is 13.5. The minimum Gasteiger partial charge on any atom is -0.486 e. The number of anilines is 1. The van der Waals surface area contributed by atoms with Gasteiger partial charge < -0.3 is 24.3 Å². The van der Waals surface area contributed by atoms with Gasteiger partial charge in [-0.25, -0.2) is 9.78 Å². The number of imidazole rings is 1. The number of nitrogens with one attached hydrogen (secondary N) is 1. The summed E-state index contributed by atoms with van der Waals surface area (Å²) in [4.78, 5) is 19.5. The maximum absolute atomic E-state index is 12.9. The van der Waals surface area contributed by atoms with E-state index >= 15 is 0 Å². The number of hydrogen-bond acceptors (Lipinski definition) is 4. The van der Waals surface area contributed by atoms with Crippen molar-refractivity contribution in [2.75, 3.05) is 31.6 Å². The molecule has 7 heteroatoms. The monoisotopic (exact) mass is 382 g/mol. The number of likely N-dealkylation sites (tertiary alicyclic amines) is 1. The van der Waals surface area contributed by atoms with E-state index < -0.39 is 0 Å². The van der Waals surface area contributed by atoms with E-state index in [9.17, 15) is 4.79 Å². The van der Waals surface area contributed by atoms with Crippen LogP contribution in [0, 0.1) is 6.92 Å². The number of urea groups is 1. The Morgan fingerprint density at radius 3 is 2.82 bits per heavy atom. The molecule has 2 fully saturated rings. The van der Waals surface area contributed by atoms with Crippen molar-refractivity contribution < 1.29 is 14.3 Å². The first-order chi connectivity index (χ1) is 13.7. The van der Waals surface area contributed by atoms with E-state index in [2.05, 4.69) is 21.8 Å². The molecule has 2 aromatic rings. The molecule has 0 bridgehead atoms. The lowest BCUT2D eigenvalue weighted by atomic mass is 10.0. The van der Waals surface area contributed by atoms with Gasteiger partial charge in [0, 0.05) is 42.7 Å². The van der Waals surface area contributed by atoms with E-state index in [4.69, 9.17) is 9.47 Å². The number of nitrogens with zero attached hydrogens (tertiary/aromatic N) is 3. The van der Waals surface area contributed by atoms with Gasteiger partial charge in [-0.1, -0.05) is 0 Å². The maximum Gasteiger partial charge on any atom is 0.321 e. The molecule has 2 aliphatic heterocycles. The van der Waals surface area contributed by atoms with Crippen molar-refractivity contribution in [1.82, 2.24) is 14.5 Å². The molecule has 0 spiro atoms. The number of ether oxygens (including phenoxy) is 2. The zero-order valence-electron chi connectivity index (χ0n) is 16.2. The van der Waals surface area contributed by atoms with Crippen molar-refractivity contribution in [3.05, 3.63) is 35.9 Å². The van der Waals surface area contributed by atoms with Gasteiger partial charge in [-0.05, 0) is 44.7 Å². The molecule has 148 valence electrons. The van der Waals surface area contributed by atoms with Crippen molar-refractivity contribution >= 4 is 11.7 Å². The first kappa shape index (κ1) is 17.4. The van der Waals surface area contributed by atoms with Gasteiger partial charge in [0.25, 0.3) is 0 Å². The van der Waals surface area contributed by atoms with Gasteiger partial charge in [-0.2, -0.15) is 0 Å². The molecule has 7 nitrogen and oxygen atoms in total. The summed E-state index contributed by atoms with van der Waals surface area (Å²) in [7, 11) is 0. The van der Waals surface area contributed by atoms with Crippen LogP contribution in [0.15, 0.2) is 24.4 Å². The van der Waals surface area contributed by atoms with Crippen LogP contribution < -0.4 is 14.8 Å². The van der Waals surface area contributed by atoms with Gasteiger partial charge in [-0.15, -0.1) is 0 Å². The molecular formula is C21H26N4O3. The lowest BCUT2D eigenvalue weighted by Gasteiger charge is -2.35. The Kier molecular flexibility index (Phi) is 4.37. The lowest BCUT2D eigenvalue weighted by Crippen LogP contribution is -2.43. The highest BCUT2D eigenvalue weighted by Gasteiger charge is 2.33. The fourth-order valence-electron chi connectivity index (χ4n) is 4.26. The van der Waals surface area contributed by atoms with Crippen LogP contribution in [0.1, 0.15) is 49.2 Å². The molecule has 5 rings (SSSR count). The van der Waals surface area contributed by atoms with Crippen molar-refractivity contribution in [3.63, 3.8) is 0 Å². The molecule has 1 saturated heterocycles. The minimum atomic E-state index is -0.0629. The number of carbonyl (C=O) groups is 1. The molecule has 1 aromatic carbocycles. The molecule has 0 radical (unpaired) electrons. The number of benzene rings is 1. The summed E-state index contributed by atoms with van der Waals surface area (Å²) in [6.07, 6.45) is 6.53. The largest absolute Gasteiger partial charge is 0.486 e. The molecule has 1 unspecified atom stereocenters. The third-order valence-electron chi connectivity index (χ3n) is 5.80. The molecule has 1 aromatic heterocycles. The Hall–Kier alpha value is -2.70. The highest BCUT2D eigenvalue weighted by atomic mass is 16.6. The summed E-state index contributed by atoms with van der Waals surface area (Å²) in [5, 5.41) is 3.02. The average molecular weight is 382 g/mol. The molecule has 2 amide bonds. The third kappa shape index (κ3) is 3.30. The van der Waals surface area contributed by atoms with Gasteiger partial charge in [-0.3, -0.25) is 0 Å². The van der Waals surface area contributed by atoms with Gasteiger partial charge in [0.2, 0.25) is 0 Å². The van der Waals surface area contributed by atoms with Gasteiger partial charge in [0.15, 0.2) is 11.5 Å². The highest BCUT2D eigenvalue weighted by molar-refractivity contribution is 5.89. The van der Waals surface area contributed by atoms with E-state index in [1.165, 1.54) is 24.4 Å². The molecule has 3 heterocycles. The number of aromatic nitrogens is 2. The number of piperidine rings is 1. The van der Waals surface area contributed by atoms with Crippen molar-refractivity contribution in [3.8, 4) is 11.5 Å². The minimum absolute atomic E-state index is 0.0629. The zero-order chi connectivity index (χ0) is 19.1. The van der Waals surface area contributed by atoms with E-state index in [1.54, 1.807) is 0 Å². The number of fused-ring (bicyclic) bond motifs is 1. The van der Waals surface area contributed by atoms with Crippen LogP contribution in [0.4, 0.5) is 10.5 Å². The zero-order valence-corrected chi connectivity index (χ0v) is 16.2. The smallest absolute Gasteiger partial charge is 0.321 e. The molecule has 3 aliphatic rings. The van der Waals surface area contributed by atoms with Gasteiger partial charge in [0.05, 0.1) is 6.04 Å². The summed E-state index contributed by atoms with van der Waals surface area (Å²) in [6, 6.07) is 5.78. The molecule has 1 saturated carbocycles. The van der Waals surface area contributed by atoms with Crippen LogP contribution in [0.25, 0.3) is 0 Å². The number of carbonyl (C=O) groups excluding carboxylic acids is 1. The van der Waals surface area contributed by atoms with E-state index in [0.29, 0.717) is 37.5 Å². The van der Waals surface area contributed by atoms with Crippen LogP contribution in [-0.4, -0.2) is 46.8 Å². The lowest BCUT2D eigenvalue weighted by molar-refractivity contribution is 0.171. The predicted molar refractivity (Wildman–Crippen MR) is 105 cm³/mol. The van der Waals surface area contributed by atoms with Crippen molar-refractivity contribution in [2.24, 2.45) is 0 Å². The highest BCUT2D eigenvalue weighted by Crippen LogP contribution is 2.41. The van der Waals surface area contributed by atoms with Gasteiger partial charge >= 0.3 is 6.03 Å². The van der Waals surface area contributed by atoms with Crippen LogP contribution >= 0.6 is 0 Å². The normalized spacial score (nSPS) is 21.5. The first-order valence-electron chi connectivity index (χ1n) is 10.2. The van der Waals surface area contributed by atoms with E-state index in [1.807, 2.05) is 29.3 Å².